The highest BCUT2D eigenvalue weighted by Crippen LogP contribution is 2.20. The van der Waals surface area contributed by atoms with E-state index in [9.17, 15) is 4.79 Å². The Bertz CT molecular complexity index is 661. The summed E-state index contributed by atoms with van der Waals surface area (Å²) in [5, 5.41) is 6.84. The Kier molecular flexibility index (Phi) is 5.22. The minimum absolute atomic E-state index is 0.0134. The van der Waals surface area contributed by atoms with Crippen LogP contribution in [0.4, 0.5) is 0 Å². The van der Waals surface area contributed by atoms with Gasteiger partial charge in [-0.2, -0.15) is 0 Å². The SMILES string of the molecule is Cc1noc(C)c1C(=O)NC[C@@H](c1ccccn1)N1CCOCC1. The van der Waals surface area contributed by atoms with Crippen LogP contribution in [0.2, 0.25) is 0 Å². The van der Waals surface area contributed by atoms with Crippen LogP contribution in [-0.4, -0.2) is 53.8 Å². The molecule has 1 saturated heterocycles. The first kappa shape index (κ1) is 16.6. The molecule has 1 aliphatic heterocycles. The van der Waals surface area contributed by atoms with E-state index in [2.05, 4.69) is 20.4 Å². The molecule has 1 atom stereocenters. The quantitative estimate of drug-likeness (QED) is 0.895. The van der Waals surface area contributed by atoms with Crippen LogP contribution in [-0.2, 0) is 4.74 Å². The van der Waals surface area contributed by atoms with Crippen molar-refractivity contribution in [2.75, 3.05) is 32.8 Å². The van der Waals surface area contributed by atoms with Crippen LogP contribution in [0.1, 0.15) is 33.5 Å². The number of nitrogens with one attached hydrogen (secondary N) is 1. The Balaban J connectivity index is 1.73. The number of ether oxygens (including phenoxy) is 1. The summed E-state index contributed by atoms with van der Waals surface area (Å²) in [5.41, 5.74) is 2.06. The van der Waals surface area contributed by atoms with E-state index in [-0.39, 0.29) is 11.9 Å². The molecule has 0 bridgehead atoms. The van der Waals surface area contributed by atoms with Gasteiger partial charge in [-0.3, -0.25) is 14.7 Å². The van der Waals surface area contributed by atoms with E-state index in [0.717, 1.165) is 18.8 Å². The normalized spacial score (nSPS) is 16.8. The molecule has 7 heteroatoms. The molecule has 3 heterocycles. The van der Waals surface area contributed by atoms with Gasteiger partial charge < -0.3 is 14.6 Å². The summed E-state index contributed by atoms with van der Waals surface area (Å²) in [7, 11) is 0. The molecule has 0 spiro atoms. The van der Waals surface area contributed by atoms with Crippen molar-refractivity contribution >= 4 is 5.91 Å². The van der Waals surface area contributed by atoms with E-state index >= 15 is 0 Å². The average Bonchev–Trinajstić information content (AvgIpc) is 2.95. The zero-order valence-corrected chi connectivity index (χ0v) is 14.0. The topological polar surface area (TPSA) is 80.5 Å². The Morgan fingerprint density at radius 3 is 2.75 bits per heavy atom. The molecule has 128 valence electrons. The number of aryl methyl sites for hydroxylation is 2. The van der Waals surface area contributed by atoms with Crippen LogP contribution >= 0.6 is 0 Å². The van der Waals surface area contributed by atoms with Crippen molar-refractivity contribution in [3.05, 3.63) is 47.1 Å². The van der Waals surface area contributed by atoms with Crippen molar-refractivity contribution in [2.24, 2.45) is 0 Å². The molecule has 2 aromatic rings. The van der Waals surface area contributed by atoms with E-state index in [4.69, 9.17) is 9.26 Å². The van der Waals surface area contributed by atoms with Crippen molar-refractivity contribution in [1.29, 1.82) is 0 Å². The third kappa shape index (κ3) is 3.63. The number of aromatic nitrogens is 2. The Morgan fingerprint density at radius 2 is 2.12 bits per heavy atom. The number of morpholine rings is 1. The van der Waals surface area contributed by atoms with Gasteiger partial charge in [-0.1, -0.05) is 11.2 Å². The summed E-state index contributed by atoms with van der Waals surface area (Å²) in [6.07, 6.45) is 1.78. The van der Waals surface area contributed by atoms with Crippen molar-refractivity contribution in [3.63, 3.8) is 0 Å². The highest BCUT2D eigenvalue weighted by molar-refractivity contribution is 5.96. The van der Waals surface area contributed by atoms with Crippen molar-refractivity contribution in [1.82, 2.24) is 20.4 Å². The number of carbonyl (C=O) groups excluding carboxylic acids is 1. The number of rotatable bonds is 5. The van der Waals surface area contributed by atoms with Gasteiger partial charge in [0, 0.05) is 25.8 Å². The molecule has 0 aliphatic carbocycles. The molecule has 3 rings (SSSR count). The molecule has 7 nitrogen and oxygen atoms in total. The number of amides is 1. The van der Waals surface area contributed by atoms with E-state index in [0.29, 0.717) is 36.8 Å². The fraction of sp³-hybridized carbons (Fsp3) is 0.471. The van der Waals surface area contributed by atoms with Crippen LogP contribution < -0.4 is 5.32 Å². The van der Waals surface area contributed by atoms with Gasteiger partial charge in [-0.05, 0) is 26.0 Å². The second kappa shape index (κ2) is 7.55. The molecule has 2 aromatic heterocycles. The number of hydrogen-bond acceptors (Lipinski definition) is 6. The maximum absolute atomic E-state index is 12.5. The zero-order valence-electron chi connectivity index (χ0n) is 14.0. The van der Waals surface area contributed by atoms with E-state index in [1.807, 2.05) is 18.2 Å². The van der Waals surface area contributed by atoms with E-state index in [1.54, 1.807) is 20.0 Å². The van der Waals surface area contributed by atoms with Gasteiger partial charge in [0.15, 0.2) is 0 Å². The molecule has 0 unspecified atom stereocenters. The van der Waals surface area contributed by atoms with Crippen LogP contribution in [0.25, 0.3) is 0 Å². The van der Waals surface area contributed by atoms with Crippen LogP contribution in [0.3, 0.4) is 0 Å². The van der Waals surface area contributed by atoms with Gasteiger partial charge in [0.25, 0.3) is 5.91 Å². The lowest BCUT2D eigenvalue weighted by Crippen LogP contribution is -2.44. The molecule has 24 heavy (non-hydrogen) atoms. The summed E-state index contributed by atoms with van der Waals surface area (Å²) in [6.45, 7) is 7.02. The fourth-order valence-electron chi connectivity index (χ4n) is 2.97. The van der Waals surface area contributed by atoms with Crippen molar-refractivity contribution < 1.29 is 14.1 Å². The standard InChI is InChI=1S/C17H22N4O3/c1-12-16(13(2)24-20-12)17(22)19-11-15(14-5-3-4-6-18-14)21-7-9-23-10-8-21/h3-6,15H,7-11H2,1-2H3,(H,19,22)/t15-/m0/s1. The number of hydrogen-bond donors (Lipinski definition) is 1. The van der Waals surface area contributed by atoms with E-state index < -0.39 is 0 Å². The Morgan fingerprint density at radius 1 is 1.33 bits per heavy atom. The lowest BCUT2D eigenvalue weighted by molar-refractivity contribution is 0.0154. The van der Waals surface area contributed by atoms with Crippen LogP contribution in [0.15, 0.2) is 28.9 Å². The minimum atomic E-state index is -0.166. The monoisotopic (exact) mass is 330 g/mol. The van der Waals surface area contributed by atoms with Gasteiger partial charge in [0.2, 0.25) is 0 Å². The summed E-state index contributed by atoms with van der Waals surface area (Å²) >= 11 is 0. The lowest BCUT2D eigenvalue weighted by atomic mass is 10.1. The second-order valence-corrected chi connectivity index (χ2v) is 5.83. The van der Waals surface area contributed by atoms with Gasteiger partial charge in [-0.25, -0.2) is 0 Å². The lowest BCUT2D eigenvalue weighted by Gasteiger charge is -2.34. The maximum atomic E-state index is 12.5. The Labute approximate surface area is 141 Å². The van der Waals surface area contributed by atoms with Crippen LogP contribution in [0, 0.1) is 13.8 Å². The maximum Gasteiger partial charge on any atom is 0.256 e. The Hall–Kier alpha value is -2.25. The molecule has 1 aliphatic rings. The van der Waals surface area contributed by atoms with Crippen molar-refractivity contribution in [2.45, 2.75) is 19.9 Å². The van der Waals surface area contributed by atoms with Gasteiger partial charge in [0.05, 0.1) is 30.6 Å². The summed E-state index contributed by atoms with van der Waals surface area (Å²) in [5.74, 6) is 0.367. The molecular weight excluding hydrogens is 308 g/mol. The van der Waals surface area contributed by atoms with Gasteiger partial charge in [0.1, 0.15) is 11.3 Å². The molecule has 1 fully saturated rings. The average molecular weight is 330 g/mol. The number of pyridine rings is 1. The largest absolute Gasteiger partial charge is 0.379 e. The third-order valence-electron chi connectivity index (χ3n) is 4.23. The second-order valence-electron chi connectivity index (χ2n) is 5.83. The first-order chi connectivity index (χ1) is 11.7. The number of nitrogens with zero attached hydrogens (tertiary/aromatic N) is 3. The first-order valence-corrected chi connectivity index (χ1v) is 8.10. The van der Waals surface area contributed by atoms with Gasteiger partial charge in [-0.15, -0.1) is 0 Å². The highest BCUT2D eigenvalue weighted by Gasteiger charge is 2.25. The third-order valence-corrected chi connectivity index (χ3v) is 4.23. The molecule has 1 N–H and O–H groups in total. The first-order valence-electron chi connectivity index (χ1n) is 8.10. The van der Waals surface area contributed by atoms with E-state index in [1.165, 1.54) is 0 Å². The highest BCUT2D eigenvalue weighted by atomic mass is 16.5. The van der Waals surface area contributed by atoms with Gasteiger partial charge >= 0.3 is 0 Å². The number of carbonyl (C=O) groups is 1. The molecule has 0 radical (unpaired) electrons. The molecular formula is C17H22N4O3. The molecule has 0 aromatic carbocycles. The van der Waals surface area contributed by atoms with Crippen LogP contribution in [0.5, 0.6) is 0 Å². The summed E-state index contributed by atoms with van der Waals surface area (Å²) < 4.78 is 10.5. The molecule has 1 amide bonds. The smallest absolute Gasteiger partial charge is 0.256 e. The predicted molar refractivity (Wildman–Crippen MR) is 87.7 cm³/mol. The predicted octanol–water partition coefficient (Wildman–Crippen LogP) is 1.49. The fourth-order valence-corrected chi connectivity index (χ4v) is 2.97. The minimum Gasteiger partial charge on any atom is -0.379 e. The molecule has 0 saturated carbocycles. The van der Waals surface area contributed by atoms with Crippen molar-refractivity contribution in [3.8, 4) is 0 Å². The summed E-state index contributed by atoms with van der Waals surface area (Å²) in [6, 6.07) is 5.86. The zero-order chi connectivity index (χ0) is 16.9. The summed E-state index contributed by atoms with van der Waals surface area (Å²) in [4.78, 5) is 19.2.